The summed E-state index contributed by atoms with van der Waals surface area (Å²) in [6, 6.07) is 5.21. The van der Waals surface area contributed by atoms with Gasteiger partial charge in [-0.2, -0.15) is 0 Å². The predicted molar refractivity (Wildman–Crippen MR) is 74.6 cm³/mol. The van der Waals surface area contributed by atoms with Gasteiger partial charge in [0.15, 0.2) is 0 Å². The number of hydrogen-bond acceptors (Lipinski definition) is 2. The second-order valence-corrected chi connectivity index (χ2v) is 5.80. The molecule has 20 heavy (non-hydrogen) atoms. The second kappa shape index (κ2) is 5.27. The molecule has 4 nitrogen and oxygen atoms in total. The van der Waals surface area contributed by atoms with E-state index in [2.05, 4.69) is 5.32 Å². The Morgan fingerprint density at radius 3 is 2.60 bits per heavy atom. The van der Waals surface area contributed by atoms with Gasteiger partial charge >= 0.3 is 5.97 Å². The smallest absolute Gasteiger partial charge is 0.335 e. The molecule has 0 unspecified atom stereocenters. The molecule has 0 aromatic heterocycles. The van der Waals surface area contributed by atoms with Crippen LogP contribution in [0.1, 0.15) is 59.6 Å². The van der Waals surface area contributed by atoms with Crippen LogP contribution in [-0.4, -0.2) is 17.0 Å². The van der Waals surface area contributed by atoms with Gasteiger partial charge in [0.1, 0.15) is 0 Å². The lowest BCUT2D eigenvalue weighted by Gasteiger charge is -2.17. The summed E-state index contributed by atoms with van der Waals surface area (Å²) in [4.78, 5) is 23.3. The third-order valence-electron chi connectivity index (χ3n) is 4.51. The Balaban J connectivity index is 1.76. The molecule has 1 fully saturated rings. The Morgan fingerprint density at radius 1 is 1.15 bits per heavy atom. The van der Waals surface area contributed by atoms with Crippen molar-refractivity contribution in [2.24, 2.45) is 5.92 Å². The fourth-order valence-electron chi connectivity index (χ4n) is 3.36. The number of carbonyl (C=O) groups is 2. The lowest BCUT2D eigenvalue weighted by Crippen LogP contribution is -2.32. The number of carbonyl (C=O) groups excluding carboxylic acids is 1. The Bertz CT molecular complexity index is 547. The van der Waals surface area contributed by atoms with Crippen molar-refractivity contribution in [3.63, 3.8) is 0 Å². The van der Waals surface area contributed by atoms with Crippen LogP contribution in [0.4, 0.5) is 0 Å². The lowest BCUT2D eigenvalue weighted by atomic mass is 10.0. The minimum absolute atomic E-state index is 0.0163. The molecule has 0 aliphatic heterocycles. The van der Waals surface area contributed by atoms with Crippen molar-refractivity contribution in [2.75, 3.05) is 0 Å². The highest BCUT2D eigenvalue weighted by atomic mass is 16.4. The number of nitrogens with one attached hydrogen (secondary N) is 1. The van der Waals surface area contributed by atoms with Crippen LogP contribution in [0.2, 0.25) is 0 Å². The Kier molecular flexibility index (Phi) is 3.47. The SMILES string of the molecule is O=C(O)c1ccc2c(c1)[C@H](NC(=O)C1CCCC1)CC2. The Morgan fingerprint density at radius 2 is 1.90 bits per heavy atom. The molecular formula is C16H19NO3. The minimum atomic E-state index is -0.916. The molecule has 0 spiro atoms. The summed E-state index contributed by atoms with van der Waals surface area (Å²) in [6.45, 7) is 0. The molecule has 1 saturated carbocycles. The summed E-state index contributed by atoms with van der Waals surface area (Å²) in [5.74, 6) is -0.622. The van der Waals surface area contributed by atoms with Gasteiger partial charge in [-0.1, -0.05) is 18.9 Å². The van der Waals surface area contributed by atoms with Gasteiger partial charge in [-0.3, -0.25) is 4.79 Å². The van der Waals surface area contributed by atoms with E-state index in [1.54, 1.807) is 12.1 Å². The first-order valence-electron chi connectivity index (χ1n) is 7.31. The van der Waals surface area contributed by atoms with Crippen molar-refractivity contribution in [3.8, 4) is 0 Å². The van der Waals surface area contributed by atoms with Crippen LogP contribution in [0.5, 0.6) is 0 Å². The van der Waals surface area contributed by atoms with Gasteiger partial charge in [0.25, 0.3) is 0 Å². The molecule has 2 N–H and O–H groups in total. The highest BCUT2D eigenvalue weighted by molar-refractivity contribution is 5.88. The zero-order valence-corrected chi connectivity index (χ0v) is 11.4. The molecule has 0 bridgehead atoms. The summed E-state index contributed by atoms with van der Waals surface area (Å²) >= 11 is 0. The molecule has 1 atom stereocenters. The standard InChI is InChI=1S/C16H19NO3/c18-15(11-3-1-2-4-11)17-14-8-7-10-5-6-12(16(19)20)9-13(10)14/h5-6,9,11,14H,1-4,7-8H2,(H,17,18)(H,19,20)/t14-/m1/s1. The lowest BCUT2D eigenvalue weighted by molar-refractivity contribution is -0.125. The maximum absolute atomic E-state index is 12.2. The van der Waals surface area contributed by atoms with Crippen LogP contribution < -0.4 is 5.32 Å². The number of aromatic carboxylic acids is 1. The summed E-state index contributed by atoms with van der Waals surface area (Å²) in [6.07, 6.45) is 6.04. The van der Waals surface area contributed by atoms with Crippen molar-refractivity contribution < 1.29 is 14.7 Å². The van der Waals surface area contributed by atoms with Crippen LogP contribution in [0.15, 0.2) is 18.2 Å². The Hall–Kier alpha value is -1.84. The van der Waals surface area contributed by atoms with E-state index in [1.807, 2.05) is 6.07 Å². The number of aryl methyl sites for hydroxylation is 1. The van der Waals surface area contributed by atoms with Gasteiger partial charge in [0.05, 0.1) is 11.6 Å². The monoisotopic (exact) mass is 273 g/mol. The van der Waals surface area contributed by atoms with Crippen LogP contribution in [0.3, 0.4) is 0 Å². The third kappa shape index (κ3) is 2.42. The molecule has 1 amide bonds. The van der Waals surface area contributed by atoms with Crippen molar-refractivity contribution in [3.05, 3.63) is 34.9 Å². The maximum atomic E-state index is 12.2. The number of amides is 1. The van der Waals surface area contributed by atoms with E-state index < -0.39 is 5.97 Å². The van der Waals surface area contributed by atoms with Crippen LogP contribution in [-0.2, 0) is 11.2 Å². The Labute approximate surface area is 118 Å². The van der Waals surface area contributed by atoms with E-state index in [4.69, 9.17) is 5.11 Å². The van der Waals surface area contributed by atoms with Gasteiger partial charge < -0.3 is 10.4 Å². The van der Waals surface area contributed by atoms with Gasteiger partial charge in [-0.05, 0) is 48.9 Å². The van der Waals surface area contributed by atoms with Crippen molar-refractivity contribution in [2.45, 2.75) is 44.6 Å². The number of carboxylic acids is 1. The number of carboxylic acid groups (broad SMARTS) is 1. The van der Waals surface area contributed by atoms with Gasteiger partial charge in [-0.25, -0.2) is 4.79 Å². The van der Waals surface area contributed by atoms with Gasteiger partial charge in [0, 0.05) is 5.92 Å². The van der Waals surface area contributed by atoms with Crippen molar-refractivity contribution in [1.29, 1.82) is 0 Å². The number of fused-ring (bicyclic) bond motifs is 1. The average Bonchev–Trinajstić information content (AvgIpc) is 3.08. The van der Waals surface area contributed by atoms with Crippen molar-refractivity contribution >= 4 is 11.9 Å². The van der Waals surface area contributed by atoms with E-state index in [0.29, 0.717) is 5.56 Å². The van der Waals surface area contributed by atoms with Crippen molar-refractivity contribution in [1.82, 2.24) is 5.32 Å². The molecule has 106 valence electrons. The zero-order chi connectivity index (χ0) is 14.1. The van der Waals surface area contributed by atoms with E-state index in [0.717, 1.165) is 49.7 Å². The fourth-order valence-corrected chi connectivity index (χ4v) is 3.36. The highest BCUT2D eigenvalue weighted by Gasteiger charge is 2.29. The molecule has 2 aliphatic carbocycles. The molecule has 1 aromatic rings. The first-order valence-corrected chi connectivity index (χ1v) is 7.31. The number of hydrogen-bond donors (Lipinski definition) is 2. The first kappa shape index (κ1) is 13.2. The maximum Gasteiger partial charge on any atom is 0.335 e. The second-order valence-electron chi connectivity index (χ2n) is 5.80. The van der Waals surface area contributed by atoms with Crippen LogP contribution in [0, 0.1) is 5.92 Å². The fraction of sp³-hybridized carbons (Fsp3) is 0.500. The largest absolute Gasteiger partial charge is 0.478 e. The topological polar surface area (TPSA) is 66.4 Å². The molecule has 0 heterocycles. The zero-order valence-electron chi connectivity index (χ0n) is 11.4. The normalized spacial score (nSPS) is 21.7. The summed E-state index contributed by atoms with van der Waals surface area (Å²) in [5.41, 5.74) is 2.44. The molecular weight excluding hydrogens is 254 g/mol. The molecule has 0 saturated heterocycles. The highest BCUT2D eigenvalue weighted by Crippen LogP contribution is 2.33. The van der Waals surface area contributed by atoms with E-state index in [-0.39, 0.29) is 17.9 Å². The van der Waals surface area contributed by atoms with E-state index in [9.17, 15) is 9.59 Å². The first-order chi connectivity index (χ1) is 9.65. The third-order valence-corrected chi connectivity index (χ3v) is 4.51. The minimum Gasteiger partial charge on any atom is -0.478 e. The predicted octanol–water partition coefficient (Wildman–Crippen LogP) is 2.68. The van der Waals surface area contributed by atoms with Crippen LogP contribution >= 0.6 is 0 Å². The van der Waals surface area contributed by atoms with E-state index >= 15 is 0 Å². The summed E-state index contributed by atoms with van der Waals surface area (Å²) < 4.78 is 0. The molecule has 0 radical (unpaired) electrons. The van der Waals surface area contributed by atoms with E-state index in [1.165, 1.54) is 0 Å². The number of rotatable bonds is 3. The van der Waals surface area contributed by atoms with Gasteiger partial charge in [-0.15, -0.1) is 0 Å². The summed E-state index contributed by atoms with van der Waals surface area (Å²) in [7, 11) is 0. The molecule has 1 aromatic carbocycles. The summed E-state index contributed by atoms with van der Waals surface area (Å²) in [5, 5.41) is 12.2. The molecule has 3 rings (SSSR count). The van der Waals surface area contributed by atoms with Crippen LogP contribution in [0.25, 0.3) is 0 Å². The molecule has 2 aliphatic rings. The quantitative estimate of drug-likeness (QED) is 0.889. The van der Waals surface area contributed by atoms with Gasteiger partial charge in [0.2, 0.25) is 5.91 Å². The number of benzene rings is 1. The molecule has 4 heteroatoms. The average molecular weight is 273 g/mol.